The van der Waals surface area contributed by atoms with Gasteiger partial charge in [0.2, 0.25) is 11.8 Å². The van der Waals surface area contributed by atoms with Gasteiger partial charge in [-0.15, -0.1) is 12.4 Å². The highest BCUT2D eigenvalue weighted by Gasteiger charge is 2.54. The fourth-order valence-corrected chi connectivity index (χ4v) is 4.86. The Hall–Kier alpha value is -2.12. The average Bonchev–Trinajstić information content (AvgIpc) is 3.14. The third-order valence-corrected chi connectivity index (χ3v) is 6.12. The van der Waals surface area contributed by atoms with Crippen molar-refractivity contribution < 1.29 is 19.5 Å². The average molecular weight is 424 g/mol. The first-order chi connectivity index (χ1) is 13.2. The summed E-state index contributed by atoms with van der Waals surface area (Å²) in [5.74, 6) is -1.16. The van der Waals surface area contributed by atoms with Crippen LogP contribution in [0.5, 0.6) is 0 Å². The summed E-state index contributed by atoms with van der Waals surface area (Å²) in [7, 11) is 0. The number of aryl methyl sites for hydroxylation is 3. The van der Waals surface area contributed by atoms with Crippen molar-refractivity contribution in [3.05, 3.63) is 28.8 Å². The second kappa shape index (κ2) is 9.13. The summed E-state index contributed by atoms with van der Waals surface area (Å²) in [5, 5.41) is 15.1. The Kier molecular flexibility index (Phi) is 7.30. The number of anilines is 1. The number of aliphatic carboxylic acids is 1. The number of carbonyl (C=O) groups excluding carboxylic acids is 2. The maximum Gasteiger partial charge on any atom is 0.311 e. The molecule has 1 heterocycles. The van der Waals surface area contributed by atoms with Crippen LogP contribution in [0.1, 0.15) is 36.0 Å². The van der Waals surface area contributed by atoms with Crippen LogP contribution < -0.4 is 10.6 Å². The fourth-order valence-electron chi connectivity index (χ4n) is 4.86. The Bertz CT molecular complexity index is 790. The molecular formula is C21H30ClN3O4. The van der Waals surface area contributed by atoms with Gasteiger partial charge in [-0.1, -0.05) is 24.1 Å². The molecule has 2 fully saturated rings. The number of carbonyl (C=O) groups is 3. The topological polar surface area (TPSA) is 98.7 Å². The lowest BCUT2D eigenvalue weighted by atomic mass is 9.81. The van der Waals surface area contributed by atoms with Gasteiger partial charge >= 0.3 is 5.97 Å². The third kappa shape index (κ3) is 4.90. The van der Waals surface area contributed by atoms with Crippen molar-refractivity contribution in [2.24, 2.45) is 11.3 Å². The van der Waals surface area contributed by atoms with Crippen LogP contribution in [0.25, 0.3) is 0 Å². The number of halogens is 1. The molecule has 2 amide bonds. The number of likely N-dealkylation sites (tertiary alicyclic amines) is 1. The van der Waals surface area contributed by atoms with Gasteiger partial charge < -0.3 is 15.7 Å². The molecule has 7 nitrogen and oxygen atoms in total. The van der Waals surface area contributed by atoms with Gasteiger partial charge in [0.15, 0.2) is 0 Å². The highest BCUT2D eigenvalue weighted by atomic mass is 35.5. The smallest absolute Gasteiger partial charge is 0.311 e. The molecule has 1 saturated heterocycles. The normalized spacial score (nSPS) is 23.2. The van der Waals surface area contributed by atoms with Crippen LogP contribution >= 0.6 is 12.4 Å². The van der Waals surface area contributed by atoms with E-state index in [0.717, 1.165) is 35.2 Å². The first kappa shape index (κ1) is 23.2. The zero-order valence-corrected chi connectivity index (χ0v) is 18.0. The van der Waals surface area contributed by atoms with Gasteiger partial charge in [-0.25, -0.2) is 0 Å². The summed E-state index contributed by atoms with van der Waals surface area (Å²) >= 11 is 0. The highest BCUT2D eigenvalue weighted by Crippen LogP contribution is 2.48. The second-order valence-electron chi connectivity index (χ2n) is 8.32. The van der Waals surface area contributed by atoms with Crippen LogP contribution in [-0.2, 0) is 14.4 Å². The van der Waals surface area contributed by atoms with Crippen LogP contribution in [0.3, 0.4) is 0 Å². The maximum atomic E-state index is 12.2. The zero-order chi connectivity index (χ0) is 20.5. The number of benzene rings is 1. The van der Waals surface area contributed by atoms with E-state index in [0.29, 0.717) is 19.5 Å². The van der Waals surface area contributed by atoms with Crippen molar-refractivity contribution in [2.45, 2.75) is 40.0 Å². The van der Waals surface area contributed by atoms with E-state index in [1.807, 2.05) is 37.8 Å². The van der Waals surface area contributed by atoms with Crippen LogP contribution in [0.4, 0.5) is 5.69 Å². The van der Waals surface area contributed by atoms with Gasteiger partial charge in [0.1, 0.15) is 0 Å². The predicted molar refractivity (Wildman–Crippen MR) is 113 cm³/mol. The molecule has 0 aromatic heterocycles. The molecule has 8 heteroatoms. The molecule has 0 bridgehead atoms. The zero-order valence-electron chi connectivity index (χ0n) is 17.2. The molecule has 2 aliphatic rings. The van der Waals surface area contributed by atoms with E-state index < -0.39 is 11.4 Å². The largest absolute Gasteiger partial charge is 0.481 e. The van der Waals surface area contributed by atoms with Crippen molar-refractivity contribution in [1.82, 2.24) is 10.2 Å². The highest BCUT2D eigenvalue weighted by molar-refractivity contribution is 5.96. The first-order valence-electron chi connectivity index (χ1n) is 9.81. The Labute approximate surface area is 177 Å². The van der Waals surface area contributed by atoms with E-state index in [1.165, 1.54) is 0 Å². The molecule has 1 aliphatic heterocycles. The minimum absolute atomic E-state index is 0. The number of nitrogens with one attached hydrogen (secondary N) is 2. The second-order valence-corrected chi connectivity index (χ2v) is 8.32. The number of nitrogens with zero attached hydrogens (tertiary/aromatic N) is 1. The lowest BCUT2D eigenvalue weighted by molar-refractivity contribution is -0.149. The Morgan fingerprint density at radius 3 is 2.41 bits per heavy atom. The molecule has 0 spiro atoms. The molecule has 29 heavy (non-hydrogen) atoms. The van der Waals surface area contributed by atoms with Crippen molar-refractivity contribution in [3.63, 3.8) is 0 Å². The van der Waals surface area contributed by atoms with E-state index in [9.17, 15) is 19.5 Å². The molecular weight excluding hydrogens is 394 g/mol. The lowest BCUT2D eigenvalue weighted by Crippen LogP contribution is -2.41. The van der Waals surface area contributed by atoms with Gasteiger partial charge in [0.05, 0.1) is 18.5 Å². The number of carboxylic acid groups (broad SMARTS) is 1. The SMILES string of the molecule is Cc1cc(C)c(NC(=O)CNC(=O)CN2C[C@@H]3CCC[C@@]3(C(=O)O)C2)c(C)c1.Cl. The van der Waals surface area contributed by atoms with Crippen LogP contribution in [0, 0.1) is 32.1 Å². The van der Waals surface area contributed by atoms with Gasteiger partial charge in [-0.05, 0) is 50.7 Å². The Morgan fingerprint density at radius 2 is 1.83 bits per heavy atom. The Balaban J connectivity index is 0.00000300. The van der Waals surface area contributed by atoms with E-state index in [-0.39, 0.29) is 43.2 Å². The summed E-state index contributed by atoms with van der Waals surface area (Å²) in [5.41, 5.74) is 3.19. The monoisotopic (exact) mass is 423 g/mol. The van der Waals surface area contributed by atoms with Crippen molar-refractivity contribution >= 4 is 35.9 Å². The van der Waals surface area contributed by atoms with Gasteiger partial charge in [-0.3, -0.25) is 19.3 Å². The fraction of sp³-hybridized carbons (Fsp3) is 0.571. The summed E-state index contributed by atoms with van der Waals surface area (Å²) in [6.45, 7) is 6.96. The number of amides is 2. The van der Waals surface area contributed by atoms with E-state index in [2.05, 4.69) is 10.6 Å². The standard InChI is InChI=1S/C21H29N3O4.ClH/c1-13-7-14(2)19(15(3)8-13)23-17(25)9-22-18(26)11-24-10-16-5-4-6-21(16,12-24)20(27)28;/h7-8,16H,4-6,9-12H2,1-3H3,(H,22,26)(H,23,25)(H,27,28);1H/t16-,21+;/m0./s1. The molecule has 0 unspecified atom stereocenters. The Morgan fingerprint density at radius 1 is 1.17 bits per heavy atom. The van der Waals surface area contributed by atoms with E-state index in [4.69, 9.17) is 0 Å². The first-order valence-corrected chi connectivity index (χ1v) is 9.81. The van der Waals surface area contributed by atoms with Crippen molar-refractivity contribution in [2.75, 3.05) is 31.5 Å². The summed E-state index contributed by atoms with van der Waals surface area (Å²) in [6.07, 6.45) is 2.53. The molecule has 0 radical (unpaired) electrons. The summed E-state index contributed by atoms with van der Waals surface area (Å²) in [4.78, 5) is 38.1. The maximum absolute atomic E-state index is 12.2. The van der Waals surface area contributed by atoms with Crippen LogP contribution in [0.15, 0.2) is 12.1 Å². The van der Waals surface area contributed by atoms with Crippen LogP contribution in [-0.4, -0.2) is 54.0 Å². The molecule has 3 N–H and O–H groups in total. The third-order valence-electron chi connectivity index (χ3n) is 6.12. The molecule has 160 valence electrons. The molecule has 1 aliphatic carbocycles. The predicted octanol–water partition coefficient (Wildman–Crippen LogP) is 2.28. The molecule has 2 atom stereocenters. The minimum Gasteiger partial charge on any atom is -0.481 e. The number of rotatable bonds is 6. The van der Waals surface area contributed by atoms with Gasteiger partial charge in [0.25, 0.3) is 0 Å². The summed E-state index contributed by atoms with van der Waals surface area (Å²) < 4.78 is 0. The van der Waals surface area contributed by atoms with Crippen molar-refractivity contribution in [1.29, 1.82) is 0 Å². The lowest BCUT2D eigenvalue weighted by Gasteiger charge is -2.23. The number of carboxylic acids is 1. The number of hydrogen-bond donors (Lipinski definition) is 3. The number of hydrogen-bond acceptors (Lipinski definition) is 4. The van der Waals surface area contributed by atoms with Gasteiger partial charge in [0, 0.05) is 18.8 Å². The van der Waals surface area contributed by atoms with Crippen molar-refractivity contribution in [3.8, 4) is 0 Å². The van der Waals surface area contributed by atoms with E-state index >= 15 is 0 Å². The quantitative estimate of drug-likeness (QED) is 0.652. The van der Waals surface area contributed by atoms with Gasteiger partial charge in [-0.2, -0.15) is 0 Å². The molecule has 1 aromatic carbocycles. The number of fused-ring (bicyclic) bond motifs is 1. The van der Waals surface area contributed by atoms with E-state index in [1.54, 1.807) is 0 Å². The minimum atomic E-state index is -0.749. The molecule has 3 rings (SSSR count). The van der Waals surface area contributed by atoms with Crippen LogP contribution in [0.2, 0.25) is 0 Å². The molecule has 1 saturated carbocycles. The molecule has 1 aromatic rings. The summed E-state index contributed by atoms with van der Waals surface area (Å²) in [6, 6.07) is 4.01.